The van der Waals surface area contributed by atoms with Crippen LogP contribution in [0.4, 0.5) is 17.1 Å². The highest BCUT2D eigenvalue weighted by atomic mass is 15.1. The quantitative estimate of drug-likeness (QED) is 0.156. The van der Waals surface area contributed by atoms with E-state index in [0.29, 0.717) is 0 Å². The third-order valence-electron chi connectivity index (χ3n) is 11.4. The maximum Gasteiger partial charge on any atom is 0.0619 e. The summed E-state index contributed by atoms with van der Waals surface area (Å²) >= 11 is 0. The van der Waals surface area contributed by atoms with Crippen LogP contribution in [-0.4, -0.2) is 4.57 Å². The van der Waals surface area contributed by atoms with E-state index in [9.17, 15) is 0 Å². The van der Waals surface area contributed by atoms with Gasteiger partial charge in [-0.05, 0) is 80.7 Å². The Kier molecular flexibility index (Phi) is 7.53. The molecule has 0 unspecified atom stereocenters. The summed E-state index contributed by atoms with van der Waals surface area (Å²) in [5.74, 6) is 0. The summed E-state index contributed by atoms with van der Waals surface area (Å²) in [6.45, 7) is 0. The molecule has 2 heteroatoms. The van der Waals surface area contributed by atoms with Gasteiger partial charge in [0.25, 0.3) is 0 Å². The van der Waals surface area contributed by atoms with Crippen LogP contribution in [-0.2, 0) is 0 Å². The fourth-order valence-corrected chi connectivity index (χ4v) is 8.76. The summed E-state index contributed by atoms with van der Waals surface area (Å²) < 4.78 is 2.43. The van der Waals surface area contributed by atoms with Gasteiger partial charge < -0.3 is 9.47 Å². The molecule has 0 radical (unpaired) electrons. The SMILES string of the molecule is c1ccc(-c2ccccc2N(c2ccc(-c3ccc(-n4c5ccccc5c5ccc6ccccc6c54)cc3)cc2)c2cc3ccccc3c3ccccc23)cc1. The van der Waals surface area contributed by atoms with Crippen molar-refractivity contribution in [3.8, 4) is 27.9 Å². The Bertz CT molecular complexity index is 3230. The van der Waals surface area contributed by atoms with Crippen molar-refractivity contribution in [2.45, 2.75) is 0 Å². The zero-order valence-corrected chi connectivity index (χ0v) is 30.7. The zero-order valence-electron chi connectivity index (χ0n) is 30.7. The van der Waals surface area contributed by atoms with E-state index in [0.717, 1.165) is 22.7 Å². The normalized spacial score (nSPS) is 11.6. The van der Waals surface area contributed by atoms with Gasteiger partial charge in [-0.2, -0.15) is 0 Å². The third-order valence-corrected chi connectivity index (χ3v) is 11.4. The first-order chi connectivity index (χ1) is 27.8. The molecule has 0 spiro atoms. The number of para-hydroxylation sites is 2. The van der Waals surface area contributed by atoms with E-state index in [1.54, 1.807) is 0 Å². The highest BCUT2D eigenvalue weighted by molar-refractivity contribution is 6.19. The zero-order chi connectivity index (χ0) is 37.0. The van der Waals surface area contributed by atoms with Crippen molar-refractivity contribution in [2.75, 3.05) is 4.90 Å². The molecule has 0 saturated carbocycles. The number of anilines is 3. The highest BCUT2D eigenvalue weighted by Gasteiger charge is 2.21. The molecular formula is C54H36N2. The fourth-order valence-electron chi connectivity index (χ4n) is 8.76. The Morgan fingerprint density at radius 3 is 1.70 bits per heavy atom. The summed E-state index contributed by atoms with van der Waals surface area (Å²) in [5, 5.41) is 9.99. The summed E-state index contributed by atoms with van der Waals surface area (Å²) in [6.07, 6.45) is 0. The molecule has 0 saturated heterocycles. The van der Waals surface area contributed by atoms with E-state index in [2.05, 4.69) is 228 Å². The third kappa shape index (κ3) is 5.19. The first-order valence-electron chi connectivity index (χ1n) is 19.3. The second-order valence-corrected chi connectivity index (χ2v) is 14.5. The second kappa shape index (κ2) is 13.2. The Morgan fingerprint density at radius 2 is 0.911 bits per heavy atom. The average molecular weight is 713 g/mol. The standard InChI is InChI=1S/C54H36N2/c1-2-14-39(15-3-1)45-19-10-12-24-51(45)55(53-36-41-17-5-6-18-44(41)47-21-8-9-22-48(47)53)42-31-26-37(27-32-42)38-28-33-43(34-29-38)56-52-25-13-11-23-49(52)50-35-30-40-16-4-7-20-46(40)54(50)56/h1-36H. The highest BCUT2D eigenvalue weighted by Crippen LogP contribution is 2.46. The molecule has 262 valence electrons. The molecule has 11 rings (SSSR count). The van der Waals surface area contributed by atoms with Gasteiger partial charge in [-0.3, -0.25) is 0 Å². The van der Waals surface area contributed by atoms with Crippen LogP contribution < -0.4 is 4.90 Å². The lowest BCUT2D eigenvalue weighted by atomic mass is 9.97. The van der Waals surface area contributed by atoms with Crippen molar-refractivity contribution in [2.24, 2.45) is 0 Å². The summed E-state index contributed by atoms with van der Waals surface area (Å²) in [4.78, 5) is 2.44. The predicted molar refractivity (Wildman–Crippen MR) is 239 cm³/mol. The van der Waals surface area contributed by atoms with E-state index in [-0.39, 0.29) is 0 Å². The minimum absolute atomic E-state index is 1.10. The van der Waals surface area contributed by atoms with Crippen LogP contribution in [0.15, 0.2) is 218 Å². The lowest BCUT2D eigenvalue weighted by Crippen LogP contribution is -2.12. The topological polar surface area (TPSA) is 8.17 Å². The molecule has 0 fully saturated rings. The maximum atomic E-state index is 2.44. The molecule has 0 aliphatic rings. The van der Waals surface area contributed by atoms with Crippen molar-refractivity contribution < 1.29 is 0 Å². The lowest BCUT2D eigenvalue weighted by molar-refractivity contribution is 1.19. The molecule has 2 nitrogen and oxygen atoms in total. The molecular weight excluding hydrogens is 677 g/mol. The molecule has 0 aliphatic heterocycles. The fraction of sp³-hybridized carbons (Fsp3) is 0. The van der Waals surface area contributed by atoms with Crippen LogP contribution in [0, 0.1) is 0 Å². The Balaban J connectivity index is 1.04. The van der Waals surface area contributed by atoms with Gasteiger partial charge in [-0.15, -0.1) is 0 Å². The van der Waals surface area contributed by atoms with E-state index in [1.165, 1.54) is 76.4 Å². The van der Waals surface area contributed by atoms with E-state index in [4.69, 9.17) is 0 Å². The van der Waals surface area contributed by atoms with Crippen molar-refractivity contribution >= 4 is 71.2 Å². The molecule has 0 N–H and O–H groups in total. The number of benzene rings is 10. The molecule has 1 aromatic heterocycles. The second-order valence-electron chi connectivity index (χ2n) is 14.5. The minimum Gasteiger partial charge on any atom is -0.309 e. The largest absolute Gasteiger partial charge is 0.309 e. The average Bonchev–Trinajstić information content (AvgIpc) is 3.62. The van der Waals surface area contributed by atoms with Crippen molar-refractivity contribution in [1.82, 2.24) is 4.57 Å². The van der Waals surface area contributed by atoms with Gasteiger partial charge in [0.05, 0.1) is 22.4 Å². The molecule has 10 aromatic carbocycles. The van der Waals surface area contributed by atoms with Crippen molar-refractivity contribution in [3.63, 3.8) is 0 Å². The molecule has 0 aliphatic carbocycles. The van der Waals surface area contributed by atoms with Gasteiger partial charge in [0.2, 0.25) is 0 Å². The first kappa shape index (κ1) is 32.0. The number of aromatic nitrogens is 1. The van der Waals surface area contributed by atoms with Gasteiger partial charge in [0.15, 0.2) is 0 Å². The van der Waals surface area contributed by atoms with E-state index >= 15 is 0 Å². The van der Waals surface area contributed by atoms with Crippen molar-refractivity contribution in [1.29, 1.82) is 0 Å². The minimum atomic E-state index is 1.10. The van der Waals surface area contributed by atoms with Crippen LogP contribution in [0.2, 0.25) is 0 Å². The van der Waals surface area contributed by atoms with Gasteiger partial charge >= 0.3 is 0 Å². The van der Waals surface area contributed by atoms with E-state index < -0.39 is 0 Å². The molecule has 56 heavy (non-hydrogen) atoms. The Hall–Kier alpha value is -7.42. The summed E-state index contributed by atoms with van der Waals surface area (Å²) in [7, 11) is 0. The molecule has 11 aromatic rings. The number of fused-ring (bicyclic) bond motifs is 8. The molecule has 0 bridgehead atoms. The number of hydrogen-bond donors (Lipinski definition) is 0. The summed E-state index contributed by atoms with van der Waals surface area (Å²) in [5.41, 5.74) is 11.7. The number of rotatable bonds is 6. The molecule has 0 amide bonds. The maximum absolute atomic E-state index is 2.44. The molecule has 0 atom stereocenters. The lowest BCUT2D eigenvalue weighted by Gasteiger charge is -2.29. The molecule has 1 heterocycles. The van der Waals surface area contributed by atoms with Gasteiger partial charge in [0.1, 0.15) is 0 Å². The Labute approximate surface area is 325 Å². The Morgan fingerprint density at radius 1 is 0.321 bits per heavy atom. The van der Waals surface area contributed by atoms with Crippen LogP contribution in [0.5, 0.6) is 0 Å². The van der Waals surface area contributed by atoms with Gasteiger partial charge in [-0.25, -0.2) is 0 Å². The van der Waals surface area contributed by atoms with Crippen molar-refractivity contribution in [3.05, 3.63) is 218 Å². The van der Waals surface area contributed by atoms with E-state index in [1.807, 2.05) is 0 Å². The number of nitrogens with zero attached hydrogens (tertiary/aromatic N) is 2. The van der Waals surface area contributed by atoms with Crippen LogP contribution >= 0.6 is 0 Å². The number of hydrogen-bond acceptors (Lipinski definition) is 1. The van der Waals surface area contributed by atoms with Crippen LogP contribution in [0.3, 0.4) is 0 Å². The van der Waals surface area contributed by atoms with Gasteiger partial charge in [0, 0.05) is 38.5 Å². The van der Waals surface area contributed by atoms with Gasteiger partial charge in [-0.1, -0.05) is 176 Å². The monoisotopic (exact) mass is 712 g/mol. The first-order valence-corrected chi connectivity index (χ1v) is 19.3. The summed E-state index contributed by atoms with van der Waals surface area (Å²) in [6, 6.07) is 79.4. The van der Waals surface area contributed by atoms with Crippen LogP contribution in [0.1, 0.15) is 0 Å². The smallest absolute Gasteiger partial charge is 0.0619 e. The predicted octanol–water partition coefficient (Wildman–Crippen LogP) is 15.0. The van der Waals surface area contributed by atoms with Crippen LogP contribution in [0.25, 0.3) is 82.1 Å².